The highest BCUT2D eigenvalue weighted by Crippen LogP contribution is 2.30. The molecular weight excluding hydrogens is 244 g/mol. The topological polar surface area (TPSA) is 17.1 Å². The molecule has 0 radical (unpaired) electrons. The monoisotopic (exact) mass is 260 g/mol. The largest absolute Gasteiger partial charge is 0.281 e. The first kappa shape index (κ1) is 13.1. The maximum atomic E-state index is 11.7. The zero-order valence-corrected chi connectivity index (χ0v) is 11.3. The van der Waals surface area contributed by atoms with Crippen LogP contribution in [0.1, 0.15) is 37.7 Å². The van der Waals surface area contributed by atoms with Crippen molar-refractivity contribution in [2.45, 2.75) is 32.1 Å². The van der Waals surface area contributed by atoms with E-state index in [1.165, 1.54) is 0 Å². The van der Waals surface area contributed by atoms with Crippen LogP contribution in [0.2, 0.25) is 0 Å². The number of carbonyl (C=O) groups is 1. The molecule has 0 aliphatic rings. The number of rotatable bonds is 5. The summed E-state index contributed by atoms with van der Waals surface area (Å²) in [5.74, 6) is -0.183. The van der Waals surface area contributed by atoms with E-state index in [1.54, 1.807) is 0 Å². The Morgan fingerprint density at radius 3 is 2.61 bits per heavy atom. The van der Waals surface area contributed by atoms with Gasteiger partial charge in [-0.3, -0.25) is 4.79 Å². The Bertz CT molecular complexity index is 542. The summed E-state index contributed by atoms with van der Waals surface area (Å²) in [7, 11) is 0. The minimum Gasteiger partial charge on any atom is -0.281 e. The molecule has 0 spiro atoms. The molecule has 0 aliphatic heterocycles. The second kappa shape index (κ2) is 6.01. The first-order valence-corrected chi connectivity index (χ1v) is 6.79. The standard InChI is InChI=1S/C16H17ClO/c1-2-3-9-15(16(17)18)14-11-6-8-12-7-4-5-10-13(12)14/h4-8,10-11,15H,2-3,9H2,1H3. The van der Waals surface area contributed by atoms with Crippen LogP contribution in [0.3, 0.4) is 0 Å². The van der Waals surface area contributed by atoms with Gasteiger partial charge >= 0.3 is 0 Å². The fourth-order valence-corrected chi connectivity index (χ4v) is 2.58. The van der Waals surface area contributed by atoms with Crippen LogP contribution in [0.15, 0.2) is 42.5 Å². The lowest BCUT2D eigenvalue weighted by Gasteiger charge is -2.15. The molecule has 0 amide bonds. The lowest BCUT2D eigenvalue weighted by Crippen LogP contribution is -2.07. The Labute approximate surface area is 113 Å². The van der Waals surface area contributed by atoms with Crippen LogP contribution in [0.25, 0.3) is 10.8 Å². The van der Waals surface area contributed by atoms with Crippen LogP contribution in [0, 0.1) is 0 Å². The molecule has 18 heavy (non-hydrogen) atoms. The van der Waals surface area contributed by atoms with E-state index < -0.39 is 0 Å². The third kappa shape index (κ3) is 2.73. The lowest BCUT2D eigenvalue weighted by molar-refractivity contribution is -0.113. The van der Waals surface area contributed by atoms with Crippen molar-refractivity contribution in [1.29, 1.82) is 0 Å². The van der Waals surface area contributed by atoms with Crippen molar-refractivity contribution in [2.75, 3.05) is 0 Å². The molecule has 94 valence electrons. The van der Waals surface area contributed by atoms with E-state index in [1.807, 2.05) is 24.3 Å². The Morgan fingerprint density at radius 1 is 1.17 bits per heavy atom. The summed E-state index contributed by atoms with van der Waals surface area (Å²) in [6.07, 6.45) is 2.92. The Hall–Kier alpha value is -1.34. The molecule has 0 saturated carbocycles. The number of benzene rings is 2. The molecule has 2 rings (SSSR count). The van der Waals surface area contributed by atoms with E-state index in [0.29, 0.717) is 0 Å². The molecule has 0 fully saturated rings. The predicted octanol–water partition coefficient (Wildman–Crippen LogP) is 4.88. The predicted molar refractivity (Wildman–Crippen MR) is 77.1 cm³/mol. The van der Waals surface area contributed by atoms with Gasteiger partial charge in [0.25, 0.3) is 0 Å². The first-order valence-electron chi connectivity index (χ1n) is 6.41. The van der Waals surface area contributed by atoms with Crippen LogP contribution in [0.4, 0.5) is 0 Å². The third-order valence-electron chi connectivity index (χ3n) is 3.32. The van der Waals surface area contributed by atoms with Crippen molar-refractivity contribution in [3.63, 3.8) is 0 Å². The van der Waals surface area contributed by atoms with E-state index in [2.05, 4.69) is 25.1 Å². The van der Waals surface area contributed by atoms with Gasteiger partial charge in [-0.25, -0.2) is 0 Å². The molecule has 2 aromatic carbocycles. The Balaban J connectivity index is 2.46. The Morgan fingerprint density at radius 2 is 1.89 bits per heavy atom. The van der Waals surface area contributed by atoms with Crippen LogP contribution in [-0.4, -0.2) is 5.24 Å². The van der Waals surface area contributed by atoms with Gasteiger partial charge < -0.3 is 0 Å². The number of unbranched alkanes of at least 4 members (excludes halogenated alkanes) is 1. The number of hydrogen-bond donors (Lipinski definition) is 0. The normalized spacial score (nSPS) is 12.6. The van der Waals surface area contributed by atoms with Crippen molar-refractivity contribution >= 4 is 27.6 Å². The van der Waals surface area contributed by atoms with Crippen molar-refractivity contribution < 1.29 is 4.79 Å². The average molecular weight is 261 g/mol. The van der Waals surface area contributed by atoms with E-state index in [9.17, 15) is 4.79 Å². The van der Waals surface area contributed by atoms with Gasteiger partial charge in [-0.15, -0.1) is 0 Å². The van der Waals surface area contributed by atoms with Crippen molar-refractivity contribution in [1.82, 2.24) is 0 Å². The van der Waals surface area contributed by atoms with E-state index >= 15 is 0 Å². The molecular formula is C16H17ClO. The van der Waals surface area contributed by atoms with Gasteiger partial charge in [0.2, 0.25) is 5.24 Å². The molecule has 0 heterocycles. The van der Waals surface area contributed by atoms with Gasteiger partial charge in [-0.2, -0.15) is 0 Å². The van der Waals surface area contributed by atoms with Gasteiger partial charge in [0, 0.05) is 0 Å². The smallest absolute Gasteiger partial charge is 0.229 e. The summed E-state index contributed by atoms with van der Waals surface area (Å²) < 4.78 is 0. The van der Waals surface area contributed by atoms with Gasteiger partial charge in [0.1, 0.15) is 0 Å². The van der Waals surface area contributed by atoms with Gasteiger partial charge in [0.15, 0.2) is 0 Å². The van der Waals surface area contributed by atoms with Crippen molar-refractivity contribution in [3.05, 3.63) is 48.0 Å². The molecule has 0 aromatic heterocycles. The summed E-state index contributed by atoms with van der Waals surface area (Å²) in [6.45, 7) is 2.12. The molecule has 0 aliphatic carbocycles. The van der Waals surface area contributed by atoms with Gasteiger partial charge in [0.05, 0.1) is 5.92 Å². The van der Waals surface area contributed by atoms with Crippen molar-refractivity contribution in [2.24, 2.45) is 0 Å². The van der Waals surface area contributed by atoms with Crippen LogP contribution in [0.5, 0.6) is 0 Å². The van der Waals surface area contributed by atoms with E-state index in [0.717, 1.165) is 35.6 Å². The SMILES string of the molecule is CCCCC(C(=O)Cl)c1cccc2ccccc12. The molecule has 0 bridgehead atoms. The highest BCUT2D eigenvalue weighted by atomic mass is 35.5. The fraction of sp³-hybridized carbons (Fsp3) is 0.312. The number of hydrogen-bond acceptors (Lipinski definition) is 1. The summed E-state index contributed by atoms with van der Waals surface area (Å²) in [4.78, 5) is 11.7. The zero-order valence-electron chi connectivity index (χ0n) is 10.5. The van der Waals surface area contributed by atoms with Crippen LogP contribution < -0.4 is 0 Å². The van der Waals surface area contributed by atoms with E-state index in [4.69, 9.17) is 11.6 Å². The molecule has 2 heteroatoms. The lowest BCUT2D eigenvalue weighted by atomic mass is 9.90. The second-order valence-corrected chi connectivity index (χ2v) is 4.94. The van der Waals surface area contributed by atoms with Crippen LogP contribution in [-0.2, 0) is 4.79 Å². The molecule has 1 atom stereocenters. The highest BCUT2D eigenvalue weighted by Gasteiger charge is 2.19. The maximum absolute atomic E-state index is 11.7. The maximum Gasteiger partial charge on any atom is 0.229 e. The average Bonchev–Trinajstić information content (AvgIpc) is 2.39. The summed E-state index contributed by atoms with van der Waals surface area (Å²) in [5, 5.41) is 2.05. The zero-order chi connectivity index (χ0) is 13.0. The number of halogens is 1. The summed E-state index contributed by atoms with van der Waals surface area (Å²) >= 11 is 5.78. The van der Waals surface area contributed by atoms with Gasteiger partial charge in [-0.1, -0.05) is 62.2 Å². The highest BCUT2D eigenvalue weighted by molar-refractivity contribution is 6.64. The molecule has 0 saturated heterocycles. The third-order valence-corrected chi connectivity index (χ3v) is 3.58. The van der Waals surface area contributed by atoms with Gasteiger partial charge in [-0.05, 0) is 34.4 Å². The summed E-state index contributed by atoms with van der Waals surface area (Å²) in [6, 6.07) is 14.2. The molecule has 1 unspecified atom stereocenters. The minimum absolute atomic E-state index is 0.183. The Kier molecular flexibility index (Phi) is 4.38. The number of fused-ring (bicyclic) bond motifs is 1. The van der Waals surface area contributed by atoms with Crippen LogP contribution >= 0.6 is 11.6 Å². The molecule has 0 N–H and O–H groups in total. The molecule has 2 aromatic rings. The number of carbonyl (C=O) groups excluding carboxylic acids is 1. The molecule has 1 nitrogen and oxygen atoms in total. The summed E-state index contributed by atoms with van der Waals surface area (Å²) in [5.41, 5.74) is 1.06. The fourth-order valence-electron chi connectivity index (χ4n) is 2.35. The van der Waals surface area contributed by atoms with E-state index in [-0.39, 0.29) is 11.2 Å². The minimum atomic E-state index is -0.250. The second-order valence-electron chi connectivity index (χ2n) is 4.57. The quantitative estimate of drug-likeness (QED) is 0.701. The first-order chi connectivity index (χ1) is 8.74. The van der Waals surface area contributed by atoms with Crippen molar-refractivity contribution in [3.8, 4) is 0 Å².